The van der Waals surface area contributed by atoms with Gasteiger partial charge in [0.05, 0.1) is 30.0 Å². The SMILES string of the molecule is CCc1nc2c(cnn2CC)c(NC2CCOCC2)c1CNC(=O)c1cccc(CC(C)(C)NCC(O[Si](C)(C)C(C)(C)C)c2ccc(OCc3ccccc3)c(CO[Si](C)(C)C(C)(C)C)c2)c1. The molecule has 6 rings (SSSR count). The fraction of sp³-hybridized carbons (Fsp3) is 0.545. The van der Waals surface area contributed by atoms with Crippen LogP contribution in [0.15, 0.2) is 79.0 Å². The van der Waals surface area contributed by atoms with Crippen LogP contribution >= 0.6 is 0 Å². The monoisotopic (exact) mass is 963 g/mol. The Labute approximate surface area is 410 Å². The third-order valence-corrected chi connectivity index (χ3v) is 23.5. The first-order valence-electron chi connectivity index (χ1n) is 25.0. The van der Waals surface area contributed by atoms with Gasteiger partial charge in [0, 0.05) is 66.8 Å². The van der Waals surface area contributed by atoms with E-state index >= 15 is 0 Å². The molecule has 1 fully saturated rings. The summed E-state index contributed by atoms with van der Waals surface area (Å²) in [7, 11) is -4.30. The zero-order valence-corrected chi connectivity index (χ0v) is 45.8. The number of aromatic nitrogens is 3. The number of nitrogens with one attached hydrogen (secondary N) is 3. The van der Waals surface area contributed by atoms with Crippen molar-refractivity contribution < 1.29 is 23.1 Å². The van der Waals surface area contributed by atoms with Crippen molar-refractivity contribution in [1.82, 2.24) is 25.4 Å². The number of fused-ring (bicyclic) bond motifs is 1. The van der Waals surface area contributed by atoms with Crippen molar-refractivity contribution in [1.29, 1.82) is 0 Å². The van der Waals surface area contributed by atoms with Crippen molar-refractivity contribution in [2.24, 2.45) is 0 Å². The molecule has 0 spiro atoms. The molecule has 1 amide bonds. The lowest BCUT2D eigenvalue weighted by Crippen LogP contribution is -2.47. The molecule has 0 radical (unpaired) electrons. The maximum Gasteiger partial charge on any atom is 0.251 e. The van der Waals surface area contributed by atoms with E-state index in [0.29, 0.717) is 38.3 Å². The Morgan fingerprint density at radius 3 is 2.21 bits per heavy atom. The first-order chi connectivity index (χ1) is 32.0. The Morgan fingerprint density at radius 1 is 0.853 bits per heavy atom. The van der Waals surface area contributed by atoms with Gasteiger partial charge in [-0.05, 0) is 124 Å². The van der Waals surface area contributed by atoms with Gasteiger partial charge in [-0.2, -0.15) is 5.10 Å². The highest BCUT2D eigenvalue weighted by molar-refractivity contribution is 6.74. The molecule has 11 nitrogen and oxygen atoms in total. The summed E-state index contributed by atoms with van der Waals surface area (Å²) in [5.41, 5.74) is 8.48. The van der Waals surface area contributed by atoms with E-state index in [2.05, 4.69) is 153 Å². The number of carbonyl (C=O) groups is 1. The molecule has 0 bridgehead atoms. The minimum atomic E-state index is -2.23. The first kappa shape index (κ1) is 53.0. The number of hydrogen-bond acceptors (Lipinski definition) is 9. The van der Waals surface area contributed by atoms with Crippen LogP contribution in [0, 0.1) is 0 Å². The van der Waals surface area contributed by atoms with E-state index in [1.165, 1.54) is 0 Å². The number of ether oxygens (including phenoxy) is 2. The summed E-state index contributed by atoms with van der Waals surface area (Å²) >= 11 is 0. The summed E-state index contributed by atoms with van der Waals surface area (Å²) in [5, 5.41) is 16.7. The maximum absolute atomic E-state index is 14.0. The van der Waals surface area contributed by atoms with E-state index < -0.39 is 16.6 Å². The van der Waals surface area contributed by atoms with Crippen molar-refractivity contribution in [2.45, 2.75) is 175 Å². The van der Waals surface area contributed by atoms with Crippen LogP contribution < -0.4 is 20.7 Å². The third kappa shape index (κ3) is 13.5. The summed E-state index contributed by atoms with van der Waals surface area (Å²) in [6, 6.07) is 25.1. The molecule has 370 valence electrons. The molecule has 68 heavy (non-hydrogen) atoms. The average molecular weight is 963 g/mol. The topological polar surface area (TPSA) is 121 Å². The summed E-state index contributed by atoms with van der Waals surface area (Å²) in [4.78, 5) is 19.1. The molecule has 0 aliphatic carbocycles. The number of benzene rings is 3. The Kier molecular flexibility index (Phi) is 17.3. The largest absolute Gasteiger partial charge is 0.489 e. The smallest absolute Gasteiger partial charge is 0.251 e. The second-order valence-corrected chi connectivity index (χ2v) is 31.9. The van der Waals surface area contributed by atoms with Crippen molar-refractivity contribution >= 4 is 39.3 Å². The molecule has 1 aliphatic rings. The number of pyridine rings is 1. The van der Waals surface area contributed by atoms with Crippen molar-refractivity contribution in [3.8, 4) is 5.75 Å². The predicted molar refractivity (Wildman–Crippen MR) is 284 cm³/mol. The van der Waals surface area contributed by atoms with E-state index in [9.17, 15) is 4.79 Å². The van der Waals surface area contributed by atoms with Crippen LogP contribution in [0.1, 0.15) is 132 Å². The van der Waals surface area contributed by atoms with Gasteiger partial charge >= 0.3 is 0 Å². The summed E-state index contributed by atoms with van der Waals surface area (Å²) < 4.78 is 28.3. The lowest BCUT2D eigenvalue weighted by Gasteiger charge is -2.40. The summed E-state index contributed by atoms with van der Waals surface area (Å²) in [5.74, 6) is 0.715. The fourth-order valence-corrected chi connectivity index (χ4v) is 10.4. The van der Waals surface area contributed by atoms with Gasteiger partial charge in [0.25, 0.3) is 5.91 Å². The minimum absolute atomic E-state index is 0.0113. The van der Waals surface area contributed by atoms with Gasteiger partial charge in [-0.25, -0.2) is 9.67 Å². The van der Waals surface area contributed by atoms with Gasteiger partial charge in [-0.3, -0.25) is 4.79 Å². The molecule has 3 N–H and O–H groups in total. The standard InChI is InChI=1S/C55H82N6O5Si2/c1-15-47-45(50(59-44-27-29-63-30-28-44)46-35-58-61(16-2)51(46)60-47)34-56-52(62)42-24-20-23-40(31-42)33-55(9,10)57-36-49(66-68(13,14)54(6,7)8)41-25-26-48(64-37-39-21-18-17-19-22-39)43(32-41)38-65-67(11,12)53(3,4)5/h17-26,31-32,35,44,49,57H,15-16,27-30,33-34,36-38H2,1-14H3,(H,56,62)(H,59,60). The normalized spacial score (nSPS) is 14.9. The quantitative estimate of drug-likeness (QED) is 0.0617. The zero-order chi connectivity index (χ0) is 49.5. The molecule has 2 aromatic heterocycles. The molecular weight excluding hydrogens is 881 g/mol. The van der Waals surface area contributed by atoms with Gasteiger partial charge in [0.2, 0.25) is 0 Å². The molecular formula is C55H82N6O5Si2. The number of carbonyl (C=O) groups excluding carboxylic acids is 1. The Morgan fingerprint density at radius 2 is 1.54 bits per heavy atom. The Hall–Kier alpha value is -4.38. The number of anilines is 1. The van der Waals surface area contributed by atoms with Gasteiger partial charge in [0.15, 0.2) is 22.3 Å². The van der Waals surface area contributed by atoms with Crippen LogP contribution in [-0.4, -0.2) is 68.6 Å². The molecule has 3 aromatic carbocycles. The number of amides is 1. The summed E-state index contributed by atoms with van der Waals surface area (Å²) in [6.07, 6.45) is 4.98. The van der Waals surface area contributed by atoms with Crippen molar-refractivity contribution in [2.75, 3.05) is 25.1 Å². The molecule has 1 aliphatic heterocycles. The number of hydrogen-bond donors (Lipinski definition) is 3. The predicted octanol–water partition coefficient (Wildman–Crippen LogP) is 12.3. The Balaban J connectivity index is 1.20. The van der Waals surface area contributed by atoms with Gasteiger partial charge in [0.1, 0.15) is 12.4 Å². The average Bonchev–Trinajstić information content (AvgIpc) is 3.71. The molecule has 1 atom stereocenters. The van der Waals surface area contributed by atoms with Crippen LogP contribution in [0.5, 0.6) is 5.75 Å². The van der Waals surface area contributed by atoms with Crippen molar-refractivity contribution in [3.63, 3.8) is 0 Å². The number of nitrogens with zero attached hydrogens (tertiary/aromatic N) is 3. The van der Waals surface area contributed by atoms with E-state index in [4.69, 9.17) is 23.3 Å². The van der Waals surface area contributed by atoms with E-state index in [1.54, 1.807) is 0 Å². The molecule has 13 heteroatoms. The highest BCUT2D eigenvalue weighted by Crippen LogP contribution is 2.42. The fourth-order valence-electron chi connectivity index (χ4n) is 8.16. The van der Waals surface area contributed by atoms with E-state index in [0.717, 1.165) is 95.0 Å². The lowest BCUT2D eigenvalue weighted by atomic mass is 9.93. The first-order valence-corrected chi connectivity index (χ1v) is 30.8. The minimum Gasteiger partial charge on any atom is -0.489 e. The van der Waals surface area contributed by atoms with Crippen LogP contribution in [0.25, 0.3) is 11.0 Å². The van der Waals surface area contributed by atoms with Crippen LogP contribution in [0.4, 0.5) is 5.69 Å². The lowest BCUT2D eigenvalue weighted by molar-refractivity contribution is 0.0904. The van der Waals surface area contributed by atoms with Crippen LogP contribution in [0.3, 0.4) is 0 Å². The number of rotatable bonds is 21. The highest BCUT2D eigenvalue weighted by atomic mass is 28.4. The van der Waals surface area contributed by atoms with Gasteiger partial charge in [-0.1, -0.05) is 97.0 Å². The zero-order valence-electron chi connectivity index (χ0n) is 43.8. The van der Waals surface area contributed by atoms with E-state index in [1.807, 2.05) is 47.3 Å². The second-order valence-electron chi connectivity index (χ2n) is 22.4. The van der Waals surface area contributed by atoms with Crippen LogP contribution in [-0.2, 0) is 52.7 Å². The van der Waals surface area contributed by atoms with Crippen molar-refractivity contribution in [3.05, 3.63) is 118 Å². The second kappa shape index (κ2) is 22.1. The molecule has 3 heterocycles. The number of aryl methyl sites for hydroxylation is 2. The molecule has 0 saturated carbocycles. The Bertz CT molecular complexity index is 2450. The maximum atomic E-state index is 14.0. The van der Waals surface area contributed by atoms with Gasteiger partial charge in [-0.15, -0.1) is 0 Å². The molecule has 1 saturated heterocycles. The molecule has 5 aromatic rings. The van der Waals surface area contributed by atoms with E-state index in [-0.39, 0.29) is 33.7 Å². The van der Waals surface area contributed by atoms with Gasteiger partial charge < -0.3 is 34.3 Å². The molecule has 1 unspecified atom stereocenters. The van der Waals surface area contributed by atoms with Crippen LogP contribution in [0.2, 0.25) is 36.3 Å². The summed E-state index contributed by atoms with van der Waals surface area (Å²) in [6.45, 7) is 35.7. The highest BCUT2D eigenvalue weighted by Gasteiger charge is 2.40. The third-order valence-electron chi connectivity index (χ3n) is 14.5.